The molecule has 6 rings (SSSR count). The first-order chi connectivity index (χ1) is 17.6. The molecule has 36 heavy (non-hydrogen) atoms. The lowest BCUT2D eigenvalue weighted by Crippen LogP contribution is -2.20. The molecule has 3 aromatic heterocycles. The van der Waals surface area contributed by atoms with Crippen LogP contribution in [0.1, 0.15) is 24.8 Å². The Morgan fingerprint density at radius 1 is 0.917 bits per heavy atom. The van der Waals surface area contributed by atoms with E-state index in [-0.39, 0.29) is 11.6 Å². The van der Waals surface area contributed by atoms with Crippen LogP contribution < -0.4 is 5.69 Å². The zero-order valence-corrected chi connectivity index (χ0v) is 20.0. The van der Waals surface area contributed by atoms with E-state index in [1.807, 2.05) is 67.7 Å². The second kappa shape index (κ2) is 8.47. The first-order valence-electron chi connectivity index (χ1n) is 11.9. The average molecular weight is 470 g/mol. The van der Waals surface area contributed by atoms with Gasteiger partial charge in [0, 0.05) is 29.6 Å². The number of hydrogen-bond donors (Lipinski definition) is 0. The second-order valence-electron chi connectivity index (χ2n) is 9.00. The van der Waals surface area contributed by atoms with Gasteiger partial charge in [-0.25, -0.2) is 4.79 Å². The van der Waals surface area contributed by atoms with Crippen molar-refractivity contribution in [2.24, 2.45) is 7.05 Å². The van der Waals surface area contributed by atoms with Crippen LogP contribution >= 0.6 is 0 Å². The zero-order chi connectivity index (χ0) is 24.8. The molecule has 174 valence electrons. The van der Waals surface area contributed by atoms with Crippen molar-refractivity contribution in [3.63, 3.8) is 0 Å². The van der Waals surface area contributed by atoms with Gasteiger partial charge >= 0.3 is 5.69 Å². The molecule has 0 aliphatic rings. The highest BCUT2D eigenvalue weighted by Gasteiger charge is 2.17. The van der Waals surface area contributed by atoms with E-state index in [4.69, 9.17) is 0 Å². The Bertz CT molecular complexity index is 1870. The Kier molecular flexibility index (Phi) is 5.12. The lowest BCUT2D eigenvalue weighted by atomic mass is 9.98. The SMILES string of the molecule is CCC(C#N)c1ccc(-n2c(=O)n(C)c3cnc4ccc(-c5cnc6ccccc6c5)cc4c32)cc1. The van der Waals surface area contributed by atoms with Crippen molar-refractivity contribution < 1.29 is 0 Å². The maximum absolute atomic E-state index is 13.4. The third kappa shape index (κ3) is 3.37. The molecule has 0 aliphatic heterocycles. The number of aryl methyl sites for hydroxylation is 1. The number of fused-ring (bicyclic) bond motifs is 4. The van der Waals surface area contributed by atoms with E-state index in [1.54, 1.807) is 22.4 Å². The fourth-order valence-corrected chi connectivity index (χ4v) is 4.90. The first kappa shape index (κ1) is 21.8. The molecule has 0 radical (unpaired) electrons. The minimum atomic E-state index is -0.161. The van der Waals surface area contributed by atoms with Gasteiger partial charge in [0.15, 0.2) is 0 Å². The molecule has 0 amide bonds. The summed E-state index contributed by atoms with van der Waals surface area (Å²) in [6, 6.07) is 26.4. The quantitative estimate of drug-likeness (QED) is 0.312. The van der Waals surface area contributed by atoms with Gasteiger partial charge in [-0.2, -0.15) is 5.26 Å². The van der Waals surface area contributed by atoms with Gasteiger partial charge in [0.05, 0.1) is 45.9 Å². The summed E-state index contributed by atoms with van der Waals surface area (Å²) >= 11 is 0. The Hall–Kier alpha value is -4.76. The molecule has 0 saturated carbocycles. The van der Waals surface area contributed by atoms with E-state index < -0.39 is 0 Å². The van der Waals surface area contributed by atoms with Crippen molar-refractivity contribution in [1.29, 1.82) is 5.26 Å². The van der Waals surface area contributed by atoms with Gasteiger partial charge < -0.3 is 0 Å². The van der Waals surface area contributed by atoms with Crippen LogP contribution in [-0.4, -0.2) is 19.1 Å². The molecule has 0 bridgehead atoms. The highest BCUT2D eigenvalue weighted by Crippen LogP contribution is 2.31. The molecule has 0 aliphatic carbocycles. The van der Waals surface area contributed by atoms with Crippen molar-refractivity contribution >= 4 is 32.8 Å². The van der Waals surface area contributed by atoms with Crippen molar-refractivity contribution in [2.45, 2.75) is 19.3 Å². The number of pyridine rings is 2. The Morgan fingerprint density at radius 2 is 1.69 bits per heavy atom. The maximum atomic E-state index is 13.4. The summed E-state index contributed by atoms with van der Waals surface area (Å²) < 4.78 is 3.36. The van der Waals surface area contributed by atoms with Crippen LogP contribution in [0.4, 0.5) is 0 Å². The Balaban J connectivity index is 1.58. The minimum absolute atomic E-state index is 0.142. The molecule has 6 nitrogen and oxygen atoms in total. The van der Waals surface area contributed by atoms with Crippen molar-refractivity contribution in [3.05, 3.63) is 101 Å². The third-order valence-electron chi connectivity index (χ3n) is 6.92. The van der Waals surface area contributed by atoms with Crippen LogP contribution in [0.25, 0.3) is 49.7 Å². The fraction of sp³-hybridized carbons (Fsp3) is 0.133. The highest BCUT2D eigenvalue weighted by atomic mass is 16.1. The molecule has 0 N–H and O–H groups in total. The van der Waals surface area contributed by atoms with E-state index in [1.165, 1.54) is 0 Å². The Morgan fingerprint density at radius 3 is 2.47 bits per heavy atom. The van der Waals surface area contributed by atoms with E-state index in [0.717, 1.165) is 61.6 Å². The highest BCUT2D eigenvalue weighted by molar-refractivity contribution is 6.04. The number of aromatic nitrogens is 4. The largest absolute Gasteiger partial charge is 0.333 e. The lowest BCUT2D eigenvalue weighted by molar-refractivity contribution is 0.815. The predicted octanol–water partition coefficient (Wildman–Crippen LogP) is 6.11. The van der Waals surface area contributed by atoms with Gasteiger partial charge in [-0.1, -0.05) is 43.3 Å². The lowest BCUT2D eigenvalue weighted by Gasteiger charge is -2.10. The summed E-state index contributed by atoms with van der Waals surface area (Å²) in [5, 5.41) is 11.4. The van der Waals surface area contributed by atoms with Crippen LogP contribution in [0.3, 0.4) is 0 Å². The third-order valence-corrected chi connectivity index (χ3v) is 6.92. The number of benzene rings is 3. The number of nitrogens with zero attached hydrogens (tertiary/aromatic N) is 5. The van der Waals surface area contributed by atoms with Gasteiger partial charge in [0.2, 0.25) is 0 Å². The Labute approximate surface area is 207 Å². The molecule has 3 aromatic carbocycles. The summed E-state index contributed by atoms with van der Waals surface area (Å²) in [7, 11) is 1.77. The van der Waals surface area contributed by atoms with Crippen LogP contribution in [-0.2, 0) is 7.05 Å². The zero-order valence-electron chi connectivity index (χ0n) is 20.0. The molecular formula is C30H23N5O. The molecule has 0 spiro atoms. The molecule has 1 unspecified atom stereocenters. The van der Waals surface area contributed by atoms with Gasteiger partial charge in [-0.05, 0) is 53.9 Å². The van der Waals surface area contributed by atoms with Crippen molar-refractivity contribution in [1.82, 2.24) is 19.1 Å². The average Bonchev–Trinajstić information content (AvgIpc) is 3.19. The summed E-state index contributed by atoms with van der Waals surface area (Å²) in [6.45, 7) is 2.00. The van der Waals surface area contributed by atoms with Gasteiger partial charge in [0.25, 0.3) is 0 Å². The van der Waals surface area contributed by atoms with E-state index in [0.29, 0.717) is 0 Å². The maximum Gasteiger partial charge on any atom is 0.333 e. The van der Waals surface area contributed by atoms with Crippen LogP contribution in [0.2, 0.25) is 0 Å². The number of nitriles is 1. The number of para-hydroxylation sites is 1. The summed E-state index contributed by atoms with van der Waals surface area (Å²) in [4.78, 5) is 22.7. The molecule has 1 atom stereocenters. The first-order valence-corrected chi connectivity index (χ1v) is 11.9. The van der Waals surface area contributed by atoms with Gasteiger partial charge in [-0.3, -0.25) is 19.1 Å². The van der Waals surface area contributed by atoms with Crippen molar-refractivity contribution in [3.8, 4) is 22.9 Å². The monoisotopic (exact) mass is 469 g/mol. The summed E-state index contributed by atoms with van der Waals surface area (Å²) in [5.74, 6) is -0.161. The molecule has 0 saturated heterocycles. The summed E-state index contributed by atoms with van der Waals surface area (Å²) in [6.07, 6.45) is 4.38. The van der Waals surface area contributed by atoms with Crippen LogP contribution in [0, 0.1) is 11.3 Å². The van der Waals surface area contributed by atoms with Gasteiger partial charge in [0.1, 0.15) is 0 Å². The van der Waals surface area contributed by atoms with E-state index in [2.05, 4.69) is 34.2 Å². The van der Waals surface area contributed by atoms with Gasteiger partial charge in [-0.15, -0.1) is 0 Å². The number of rotatable bonds is 4. The van der Waals surface area contributed by atoms with Crippen molar-refractivity contribution in [2.75, 3.05) is 0 Å². The molecule has 6 aromatic rings. The molecule has 0 fully saturated rings. The molecular weight excluding hydrogens is 446 g/mol. The smallest absolute Gasteiger partial charge is 0.293 e. The standard InChI is InChI=1S/C30H23N5O/c1-3-19(16-31)20-8-11-24(12-9-20)35-29-25-15-21(23-14-22-6-4-5-7-26(22)32-17-23)10-13-27(25)33-18-28(29)34(2)30(35)36/h4-15,17-19H,3H2,1-2H3. The van der Waals surface area contributed by atoms with Crippen LogP contribution in [0.15, 0.2) is 90.0 Å². The molecule has 6 heteroatoms. The fourth-order valence-electron chi connectivity index (χ4n) is 4.90. The minimum Gasteiger partial charge on any atom is -0.293 e. The molecule has 3 heterocycles. The predicted molar refractivity (Wildman–Crippen MR) is 143 cm³/mol. The second-order valence-corrected chi connectivity index (χ2v) is 9.00. The normalized spacial score (nSPS) is 12.2. The number of hydrogen-bond acceptors (Lipinski definition) is 4. The summed E-state index contributed by atoms with van der Waals surface area (Å²) in [5.41, 5.74) is 6.91. The topological polar surface area (TPSA) is 76.5 Å². The van der Waals surface area contributed by atoms with E-state index in [9.17, 15) is 10.1 Å². The van der Waals surface area contributed by atoms with E-state index >= 15 is 0 Å². The van der Waals surface area contributed by atoms with Crippen LogP contribution in [0.5, 0.6) is 0 Å². The number of imidazole rings is 1.